The molecule has 40 heavy (non-hydrogen) atoms. The third kappa shape index (κ3) is 6.35. The summed E-state index contributed by atoms with van der Waals surface area (Å²) >= 11 is 6.42. The van der Waals surface area contributed by atoms with Gasteiger partial charge in [-0.05, 0) is 6.92 Å². The molecule has 2 N–H and O–H groups in total. The number of nitrogens with one attached hydrogen (secondary N) is 2. The van der Waals surface area contributed by atoms with E-state index in [4.69, 9.17) is 16.3 Å². The first-order chi connectivity index (χ1) is 18.8. The second-order valence-electron chi connectivity index (χ2n) is 8.53. The van der Waals surface area contributed by atoms with Crippen molar-refractivity contribution in [3.8, 4) is 5.75 Å². The molecule has 0 saturated carbocycles. The Hall–Kier alpha value is -4.15. The Balaban J connectivity index is 1.41. The van der Waals surface area contributed by atoms with E-state index >= 15 is 0 Å². The summed E-state index contributed by atoms with van der Waals surface area (Å²) in [6.45, 7) is 1.25. The van der Waals surface area contributed by atoms with Gasteiger partial charge in [-0.2, -0.15) is 31.4 Å². The van der Waals surface area contributed by atoms with E-state index < -0.39 is 46.7 Å². The number of rotatable bonds is 7. The Morgan fingerprint density at radius 3 is 2.40 bits per heavy atom. The average Bonchev–Trinajstić information content (AvgIpc) is 2.87. The van der Waals surface area contributed by atoms with Gasteiger partial charge in [0.1, 0.15) is 29.5 Å². The number of pyridine rings is 1. The topological polar surface area (TPSA) is 129 Å². The fraction of sp³-hybridized carbons (Fsp3) is 0.364. The predicted molar refractivity (Wildman–Crippen MR) is 129 cm³/mol. The number of aromatic nitrogens is 5. The SMILES string of the molecule is CC(COc1ccnc(N2CCN(c3ncc(C(F)(F)F)cn3)CC2=O)c1Cl)Nc1cn[nH]c(=O)c1C(F)(F)F. The lowest BCUT2D eigenvalue weighted by molar-refractivity contribution is -0.139. The molecule has 1 fully saturated rings. The maximum atomic E-state index is 13.3. The molecule has 0 bridgehead atoms. The van der Waals surface area contributed by atoms with Crippen LogP contribution in [0.25, 0.3) is 0 Å². The zero-order valence-corrected chi connectivity index (χ0v) is 21.1. The number of nitrogens with zero attached hydrogens (tertiary/aromatic N) is 6. The fourth-order valence-electron chi connectivity index (χ4n) is 3.72. The Bertz CT molecular complexity index is 1430. The number of hydrogen-bond donors (Lipinski definition) is 2. The quantitative estimate of drug-likeness (QED) is 0.397. The van der Waals surface area contributed by atoms with Crippen molar-refractivity contribution in [2.24, 2.45) is 0 Å². The number of piperazine rings is 1. The van der Waals surface area contributed by atoms with Gasteiger partial charge in [-0.15, -0.1) is 0 Å². The molecule has 1 unspecified atom stereocenters. The molecule has 4 rings (SSSR count). The Labute approximate surface area is 226 Å². The monoisotopic (exact) mass is 592 g/mol. The highest BCUT2D eigenvalue weighted by Crippen LogP contribution is 2.35. The molecule has 0 spiro atoms. The van der Waals surface area contributed by atoms with Crippen LogP contribution in [-0.2, 0) is 17.1 Å². The molecule has 11 nitrogen and oxygen atoms in total. The van der Waals surface area contributed by atoms with Gasteiger partial charge in [0.25, 0.3) is 5.56 Å². The first-order valence-electron chi connectivity index (χ1n) is 11.4. The van der Waals surface area contributed by atoms with Crippen molar-refractivity contribution in [1.29, 1.82) is 0 Å². The molecule has 1 atom stereocenters. The Morgan fingerprint density at radius 2 is 1.77 bits per heavy atom. The van der Waals surface area contributed by atoms with Crippen LogP contribution in [0.3, 0.4) is 0 Å². The Morgan fingerprint density at radius 1 is 1.07 bits per heavy atom. The van der Waals surface area contributed by atoms with E-state index in [9.17, 15) is 35.9 Å². The number of ether oxygens (including phenoxy) is 1. The van der Waals surface area contributed by atoms with Crippen molar-refractivity contribution in [2.75, 3.05) is 41.4 Å². The van der Waals surface area contributed by atoms with Gasteiger partial charge in [-0.3, -0.25) is 14.5 Å². The molecule has 1 saturated heterocycles. The molecular formula is C22H19ClF6N8O3. The zero-order valence-electron chi connectivity index (χ0n) is 20.3. The molecule has 3 aromatic rings. The maximum Gasteiger partial charge on any atom is 0.423 e. The van der Waals surface area contributed by atoms with Gasteiger partial charge in [0.15, 0.2) is 5.82 Å². The van der Waals surface area contributed by atoms with Crippen molar-refractivity contribution >= 4 is 35.0 Å². The van der Waals surface area contributed by atoms with E-state index in [1.165, 1.54) is 29.0 Å². The van der Waals surface area contributed by atoms with Gasteiger partial charge in [0.05, 0.1) is 23.5 Å². The van der Waals surface area contributed by atoms with E-state index in [1.807, 2.05) is 0 Å². The number of aromatic amines is 1. The summed E-state index contributed by atoms with van der Waals surface area (Å²) < 4.78 is 83.7. The van der Waals surface area contributed by atoms with Crippen molar-refractivity contribution in [2.45, 2.75) is 25.3 Å². The van der Waals surface area contributed by atoms with Crippen LogP contribution in [0.2, 0.25) is 5.02 Å². The van der Waals surface area contributed by atoms with Crippen LogP contribution in [-0.4, -0.2) is 63.3 Å². The minimum absolute atomic E-state index is 0.0453. The molecule has 4 heterocycles. The van der Waals surface area contributed by atoms with E-state index in [0.717, 1.165) is 6.20 Å². The summed E-state index contributed by atoms with van der Waals surface area (Å²) in [5.74, 6) is -0.404. The highest BCUT2D eigenvalue weighted by Gasteiger charge is 2.38. The molecule has 0 aliphatic carbocycles. The summed E-state index contributed by atoms with van der Waals surface area (Å²) in [7, 11) is 0. The van der Waals surface area contributed by atoms with Crippen molar-refractivity contribution in [3.63, 3.8) is 0 Å². The van der Waals surface area contributed by atoms with Gasteiger partial charge in [0, 0.05) is 37.7 Å². The molecule has 1 aliphatic rings. The summed E-state index contributed by atoms with van der Waals surface area (Å²) in [5, 5.41) is 7.62. The zero-order chi connectivity index (χ0) is 29.2. The maximum absolute atomic E-state index is 13.3. The fourth-order valence-corrected chi connectivity index (χ4v) is 3.99. The highest BCUT2D eigenvalue weighted by molar-refractivity contribution is 6.35. The highest BCUT2D eigenvalue weighted by atomic mass is 35.5. The van der Waals surface area contributed by atoms with Gasteiger partial charge in [-0.25, -0.2) is 20.1 Å². The molecule has 1 amide bonds. The standard InChI is InChI=1S/C22H19ClF6N8O3/c1-11(34-13-8-33-35-19(39)16(13)22(27,28)29)10-40-14-2-3-30-18(17(14)23)37-5-4-36(9-15(37)38)20-31-6-12(7-32-20)21(24,25)26/h2-3,6-8,11H,4-5,9-10H2,1H3,(H2,34,35,39). The number of hydrogen-bond acceptors (Lipinski definition) is 9. The van der Waals surface area contributed by atoms with E-state index in [2.05, 4.69) is 25.4 Å². The lowest BCUT2D eigenvalue weighted by Gasteiger charge is -2.34. The van der Waals surface area contributed by atoms with E-state index in [1.54, 1.807) is 5.10 Å². The lowest BCUT2D eigenvalue weighted by atomic mass is 10.2. The average molecular weight is 593 g/mol. The molecule has 0 radical (unpaired) electrons. The smallest absolute Gasteiger partial charge is 0.423 e. The predicted octanol–water partition coefficient (Wildman–Crippen LogP) is 3.38. The second kappa shape index (κ2) is 11.1. The number of carbonyl (C=O) groups excluding carboxylic acids is 1. The number of carbonyl (C=O) groups is 1. The Kier molecular flexibility index (Phi) is 8.04. The third-order valence-electron chi connectivity index (χ3n) is 5.59. The van der Waals surface area contributed by atoms with Crippen LogP contribution in [0.4, 0.5) is 43.8 Å². The van der Waals surface area contributed by atoms with Crippen molar-refractivity contribution in [1.82, 2.24) is 25.1 Å². The van der Waals surface area contributed by atoms with Gasteiger partial charge >= 0.3 is 12.4 Å². The van der Waals surface area contributed by atoms with Crippen LogP contribution >= 0.6 is 11.6 Å². The molecular weight excluding hydrogens is 574 g/mol. The van der Waals surface area contributed by atoms with Gasteiger partial charge in [-0.1, -0.05) is 11.6 Å². The third-order valence-corrected chi connectivity index (χ3v) is 5.95. The number of alkyl halides is 6. The van der Waals surface area contributed by atoms with Crippen LogP contribution in [0, 0.1) is 0 Å². The van der Waals surface area contributed by atoms with Crippen LogP contribution in [0.1, 0.15) is 18.1 Å². The number of halogens is 7. The molecule has 18 heteroatoms. The number of anilines is 3. The van der Waals surface area contributed by atoms with Gasteiger partial charge in [0.2, 0.25) is 11.9 Å². The largest absolute Gasteiger partial charge is 0.490 e. The summed E-state index contributed by atoms with van der Waals surface area (Å²) in [4.78, 5) is 38.7. The van der Waals surface area contributed by atoms with Crippen LogP contribution in [0.5, 0.6) is 5.75 Å². The molecule has 214 valence electrons. The minimum atomic E-state index is -4.92. The van der Waals surface area contributed by atoms with E-state index in [-0.39, 0.29) is 48.8 Å². The molecule has 0 aromatic carbocycles. The lowest BCUT2D eigenvalue weighted by Crippen LogP contribution is -2.51. The minimum Gasteiger partial charge on any atom is -0.490 e. The first kappa shape index (κ1) is 28.8. The number of amides is 1. The van der Waals surface area contributed by atoms with Crippen LogP contribution in [0.15, 0.2) is 35.6 Å². The molecule has 3 aromatic heterocycles. The summed E-state index contributed by atoms with van der Waals surface area (Å²) in [6, 6.07) is 0.650. The van der Waals surface area contributed by atoms with Crippen molar-refractivity contribution < 1.29 is 35.9 Å². The van der Waals surface area contributed by atoms with Gasteiger partial charge < -0.3 is 15.0 Å². The summed E-state index contributed by atoms with van der Waals surface area (Å²) in [5.41, 5.74) is -4.39. The second-order valence-corrected chi connectivity index (χ2v) is 8.90. The number of H-pyrrole nitrogens is 1. The van der Waals surface area contributed by atoms with E-state index in [0.29, 0.717) is 12.4 Å². The first-order valence-corrected chi connectivity index (χ1v) is 11.8. The van der Waals surface area contributed by atoms with Crippen molar-refractivity contribution in [3.05, 3.63) is 57.4 Å². The van der Waals surface area contributed by atoms with Crippen LogP contribution < -0.4 is 25.4 Å². The molecule has 1 aliphatic heterocycles. The summed E-state index contributed by atoms with van der Waals surface area (Å²) in [6.07, 6.45) is -6.11. The normalized spacial score (nSPS) is 15.2.